The highest BCUT2D eigenvalue weighted by Crippen LogP contribution is 2.18. The molecular formula is C18H16BrN3O6. The van der Waals surface area contributed by atoms with Gasteiger partial charge in [-0.05, 0) is 30.3 Å². The lowest BCUT2D eigenvalue weighted by molar-refractivity contribution is -0.385. The van der Waals surface area contributed by atoms with Crippen LogP contribution in [0.25, 0.3) is 0 Å². The summed E-state index contributed by atoms with van der Waals surface area (Å²) in [6.45, 7) is -1.02. The molecule has 0 aliphatic carbocycles. The van der Waals surface area contributed by atoms with Gasteiger partial charge in [-0.2, -0.15) is 0 Å². The number of halogens is 1. The number of benzene rings is 2. The van der Waals surface area contributed by atoms with Gasteiger partial charge in [0.2, 0.25) is 5.91 Å². The van der Waals surface area contributed by atoms with E-state index in [0.717, 1.165) is 4.47 Å². The molecule has 0 aliphatic heterocycles. The molecule has 10 heteroatoms. The van der Waals surface area contributed by atoms with Crippen molar-refractivity contribution >= 4 is 39.4 Å². The molecule has 0 bridgehead atoms. The van der Waals surface area contributed by atoms with Crippen molar-refractivity contribution in [3.05, 3.63) is 74.2 Å². The molecule has 0 saturated carbocycles. The predicted molar refractivity (Wildman–Crippen MR) is 102 cm³/mol. The Morgan fingerprint density at radius 3 is 2.36 bits per heavy atom. The number of hydrogen-bond acceptors (Lipinski definition) is 6. The van der Waals surface area contributed by atoms with Gasteiger partial charge in [-0.3, -0.25) is 24.5 Å². The maximum atomic E-state index is 11.9. The molecule has 0 heterocycles. The first-order chi connectivity index (χ1) is 13.4. The summed E-state index contributed by atoms with van der Waals surface area (Å²) in [5.41, 5.74) is 0.476. The average Bonchev–Trinajstić information content (AvgIpc) is 2.69. The standard InChI is InChI=1S/C18H16BrN3O6/c19-14-7-5-12(6-8-14)18(25)21-9-16(23)20-10-17(24)28-11-13-3-1-2-4-15(13)22(26)27/h1-8H,9-11H2,(H,20,23)(H,21,25). The Labute approximate surface area is 168 Å². The van der Waals surface area contributed by atoms with Crippen molar-refractivity contribution in [3.8, 4) is 0 Å². The van der Waals surface area contributed by atoms with Crippen LogP contribution in [0.3, 0.4) is 0 Å². The van der Waals surface area contributed by atoms with Crippen molar-refractivity contribution in [2.75, 3.05) is 13.1 Å². The van der Waals surface area contributed by atoms with E-state index < -0.39 is 29.3 Å². The fourth-order valence-electron chi connectivity index (χ4n) is 2.12. The molecule has 2 amide bonds. The van der Waals surface area contributed by atoms with Crippen molar-refractivity contribution in [1.29, 1.82) is 0 Å². The minimum atomic E-state index is -0.759. The number of amides is 2. The summed E-state index contributed by atoms with van der Waals surface area (Å²) < 4.78 is 5.75. The number of carbonyl (C=O) groups is 3. The second-order valence-corrected chi connectivity index (χ2v) is 6.43. The number of carbonyl (C=O) groups excluding carboxylic acids is 3. The topological polar surface area (TPSA) is 128 Å². The van der Waals surface area contributed by atoms with Crippen molar-refractivity contribution in [2.45, 2.75) is 6.61 Å². The zero-order valence-electron chi connectivity index (χ0n) is 14.5. The summed E-state index contributed by atoms with van der Waals surface area (Å²) in [4.78, 5) is 45.6. The molecule has 9 nitrogen and oxygen atoms in total. The number of nitrogens with zero attached hydrogens (tertiary/aromatic N) is 1. The zero-order chi connectivity index (χ0) is 20.5. The van der Waals surface area contributed by atoms with Gasteiger partial charge >= 0.3 is 5.97 Å². The molecule has 2 aromatic carbocycles. The normalized spacial score (nSPS) is 10.0. The molecule has 2 aromatic rings. The van der Waals surface area contributed by atoms with Crippen LogP contribution in [0.15, 0.2) is 53.0 Å². The number of ether oxygens (including phenoxy) is 1. The van der Waals surface area contributed by atoms with E-state index in [1.165, 1.54) is 18.2 Å². The average molecular weight is 450 g/mol. The van der Waals surface area contributed by atoms with Crippen molar-refractivity contribution in [2.24, 2.45) is 0 Å². The van der Waals surface area contributed by atoms with Crippen LogP contribution in [0.5, 0.6) is 0 Å². The van der Waals surface area contributed by atoms with E-state index in [0.29, 0.717) is 5.56 Å². The lowest BCUT2D eigenvalue weighted by atomic mass is 10.2. The Hall–Kier alpha value is -3.27. The summed E-state index contributed by atoms with van der Waals surface area (Å²) >= 11 is 3.26. The van der Waals surface area contributed by atoms with Crippen LogP contribution in [-0.4, -0.2) is 35.8 Å². The fourth-order valence-corrected chi connectivity index (χ4v) is 2.38. The number of hydrogen-bond donors (Lipinski definition) is 2. The molecule has 146 valence electrons. The summed E-state index contributed by atoms with van der Waals surface area (Å²) in [5, 5.41) is 15.6. The van der Waals surface area contributed by atoms with E-state index in [1.807, 2.05) is 0 Å². The molecule has 0 fully saturated rings. The fraction of sp³-hybridized carbons (Fsp3) is 0.167. The molecule has 28 heavy (non-hydrogen) atoms. The van der Waals surface area contributed by atoms with Crippen LogP contribution in [-0.2, 0) is 20.9 Å². The van der Waals surface area contributed by atoms with Crippen LogP contribution < -0.4 is 10.6 Å². The monoisotopic (exact) mass is 449 g/mol. The molecule has 0 aliphatic rings. The molecule has 0 aromatic heterocycles. The lowest BCUT2D eigenvalue weighted by Crippen LogP contribution is -2.39. The summed E-state index contributed by atoms with van der Waals surface area (Å²) in [6.07, 6.45) is 0. The maximum absolute atomic E-state index is 11.9. The smallest absolute Gasteiger partial charge is 0.325 e. The number of nitro benzene ring substituents is 1. The minimum absolute atomic E-state index is 0.157. The van der Waals surface area contributed by atoms with Crippen LogP contribution >= 0.6 is 15.9 Å². The van der Waals surface area contributed by atoms with Crippen molar-refractivity contribution in [1.82, 2.24) is 10.6 Å². The van der Waals surface area contributed by atoms with Gasteiger partial charge in [-0.25, -0.2) is 0 Å². The Morgan fingerprint density at radius 1 is 1.00 bits per heavy atom. The first-order valence-corrected chi connectivity index (χ1v) is 8.84. The molecule has 0 radical (unpaired) electrons. The van der Waals surface area contributed by atoms with Crippen LogP contribution in [0.1, 0.15) is 15.9 Å². The second kappa shape index (κ2) is 10.2. The molecule has 2 rings (SSSR count). The number of para-hydroxylation sites is 1. The minimum Gasteiger partial charge on any atom is -0.459 e. The van der Waals surface area contributed by atoms with E-state index in [4.69, 9.17) is 4.74 Å². The first-order valence-electron chi connectivity index (χ1n) is 8.05. The second-order valence-electron chi connectivity index (χ2n) is 5.51. The van der Waals surface area contributed by atoms with E-state index in [9.17, 15) is 24.5 Å². The van der Waals surface area contributed by atoms with Gasteiger partial charge in [0.25, 0.3) is 11.6 Å². The maximum Gasteiger partial charge on any atom is 0.325 e. The van der Waals surface area contributed by atoms with Gasteiger partial charge in [-0.15, -0.1) is 0 Å². The Morgan fingerprint density at radius 2 is 1.68 bits per heavy atom. The molecule has 0 spiro atoms. The molecular weight excluding hydrogens is 434 g/mol. The van der Waals surface area contributed by atoms with Crippen molar-refractivity contribution in [3.63, 3.8) is 0 Å². The van der Waals surface area contributed by atoms with Gasteiger partial charge in [-0.1, -0.05) is 28.1 Å². The number of nitro groups is 1. The predicted octanol–water partition coefficient (Wildman–Crippen LogP) is 1.95. The van der Waals surface area contributed by atoms with Crippen molar-refractivity contribution < 1.29 is 24.0 Å². The number of rotatable bonds is 8. The van der Waals surface area contributed by atoms with Gasteiger partial charge in [0.05, 0.1) is 17.0 Å². The van der Waals surface area contributed by atoms with Gasteiger partial charge < -0.3 is 15.4 Å². The van der Waals surface area contributed by atoms with Gasteiger partial charge in [0.1, 0.15) is 13.2 Å². The largest absolute Gasteiger partial charge is 0.459 e. The number of nitrogens with one attached hydrogen (secondary N) is 2. The van der Waals surface area contributed by atoms with E-state index in [2.05, 4.69) is 26.6 Å². The third-order valence-corrected chi connectivity index (χ3v) is 4.05. The first kappa shape index (κ1) is 21.0. The van der Waals surface area contributed by atoms with E-state index in [-0.39, 0.29) is 24.4 Å². The molecule has 0 atom stereocenters. The van der Waals surface area contributed by atoms with E-state index >= 15 is 0 Å². The SMILES string of the molecule is O=C(CNC(=O)c1ccc(Br)cc1)NCC(=O)OCc1ccccc1[N+](=O)[O-]. The molecule has 0 unspecified atom stereocenters. The third kappa shape index (κ3) is 6.47. The highest BCUT2D eigenvalue weighted by molar-refractivity contribution is 9.10. The molecule has 2 N–H and O–H groups in total. The summed E-state index contributed by atoms with van der Waals surface area (Å²) in [5.74, 6) is -1.76. The highest BCUT2D eigenvalue weighted by atomic mass is 79.9. The highest BCUT2D eigenvalue weighted by Gasteiger charge is 2.15. The van der Waals surface area contributed by atoms with Crippen LogP contribution in [0.4, 0.5) is 5.69 Å². The molecule has 0 saturated heterocycles. The van der Waals surface area contributed by atoms with Gasteiger partial charge in [0.15, 0.2) is 0 Å². The zero-order valence-corrected chi connectivity index (χ0v) is 16.1. The summed E-state index contributed by atoms with van der Waals surface area (Å²) in [7, 11) is 0. The van der Waals surface area contributed by atoms with Crippen LogP contribution in [0, 0.1) is 10.1 Å². The quantitative estimate of drug-likeness (QED) is 0.360. The Kier molecular flexibility index (Phi) is 7.64. The summed E-state index contributed by atoms with van der Waals surface area (Å²) in [6, 6.07) is 12.5. The Balaban J connectivity index is 1.72. The van der Waals surface area contributed by atoms with Crippen LogP contribution in [0.2, 0.25) is 0 Å². The number of esters is 1. The van der Waals surface area contributed by atoms with Gasteiger partial charge in [0, 0.05) is 16.1 Å². The third-order valence-electron chi connectivity index (χ3n) is 3.52. The van der Waals surface area contributed by atoms with E-state index in [1.54, 1.807) is 30.3 Å². The Bertz CT molecular complexity index is 885. The lowest BCUT2D eigenvalue weighted by Gasteiger charge is -2.08.